The van der Waals surface area contributed by atoms with Gasteiger partial charge < -0.3 is 44.1 Å². The minimum atomic E-state index is -1.88. The molecule has 20 atom stereocenters. The lowest BCUT2D eigenvalue weighted by atomic mass is 9.86. The van der Waals surface area contributed by atoms with Gasteiger partial charge in [-0.3, -0.25) is 71.7 Å². The summed E-state index contributed by atoms with van der Waals surface area (Å²) in [6, 6.07) is 5.67. The van der Waals surface area contributed by atoms with Gasteiger partial charge in [-0.1, -0.05) is 71.1 Å². The molecule has 10 rings (SSSR count). The van der Waals surface area contributed by atoms with Crippen LogP contribution in [0.3, 0.4) is 0 Å². The summed E-state index contributed by atoms with van der Waals surface area (Å²) in [5.41, 5.74) is -9.96. The Bertz CT molecular complexity index is 3700. The summed E-state index contributed by atoms with van der Waals surface area (Å²) in [4.78, 5) is 123. The number of hydrogen-bond donors (Lipinski definition) is 9. The maximum atomic E-state index is 14.4. The van der Waals surface area contributed by atoms with E-state index < -0.39 is 171 Å². The number of nitrogens with zero attached hydrogens (tertiary/aromatic N) is 5. The zero-order valence-electron chi connectivity index (χ0n) is 50.9. The Kier molecular flexibility index (Phi) is 24.2. The topological polar surface area (TPSA) is 401 Å². The lowest BCUT2D eigenvalue weighted by molar-refractivity contribution is -0.117. The van der Waals surface area contributed by atoms with E-state index in [0.29, 0.717) is 23.7 Å². The molecular weight excluding hydrogens is 1340 g/mol. The summed E-state index contributed by atoms with van der Waals surface area (Å²) in [6.45, 7) is 14.4. The van der Waals surface area contributed by atoms with E-state index in [2.05, 4.69) is 37.5 Å². The minimum absolute atomic E-state index is 0.307. The van der Waals surface area contributed by atoms with Gasteiger partial charge in [0.15, 0.2) is 62.0 Å². The summed E-state index contributed by atoms with van der Waals surface area (Å²) in [7, 11) is 0. The zero-order valence-corrected chi connectivity index (χ0v) is 53.0. The van der Waals surface area contributed by atoms with Crippen LogP contribution in [0.25, 0.3) is 0 Å². The van der Waals surface area contributed by atoms with E-state index in [4.69, 9.17) is 33.9 Å². The van der Waals surface area contributed by atoms with Crippen molar-refractivity contribution in [3.63, 3.8) is 0 Å². The highest BCUT2D eigenvalue weighted by atomic mass is 127. The molecule has 91 heavy (non-hydrogen) atoms. The lowest BCUT2D eigenvalue weighted by Crippen LogP contribution is -2.42. The molecule has 506 valence electrons. The first-order valence-electron chi connectivity index (χ1n) is 28.9. The quantitative estimate of drug-likeness (QED) is 0.0476. The van der Waals surface area contributed by atoms with Gasteiger partial charge >= 0.3 is 28.4 Å². The van der Waals surface area contributed by atoms with Crippen molar-refractivity contribution in [1.29, 1.82) is 0 Å². The van der Waals surface area contributed by atoms with E-state index in [9.17, 15) is 80.1 Å². The van der Waals surface area contributed by atoms with Crippen molar-refractivity contribution in [2.75, 3.05) is 24.2 Å². The van der Waals surface area contributed by atoms with Gasteiger partial charge in [0.1, 0.15) is 11.7 Å². The van der Waals surface area contributed by atoms with Crippen LogP contribution in [0.5, 0.6) is 0 Å². The molecule has 35 heteroatoms. The van der Waals surface area contributed by atoms with Gasteiger partial charge in [0, 0.05) is 89.4 Å². The average molecular weight is 1420 g/mol. The van der Waals surface area contributed by atoms with Gasteiger partial charge in [-0.25, -0.2) is 45.9 Å². The number of H-pyrrole nitrogens is 5. The molecule has 0 aliphatic carbocycles. The third-order valence-electron chi connectivity index (χ3n) is 17.8. The zero-order chi connectivity index (χ0) is 68.0. The van der Waals surface area contributed by atoms with E-state index in [1.165, 1.54) is 43.8 Å². The van der Waals surface area contributed by atoms with Crippen molar-refractivity contribution in [3.8, 4) is 0 Å². The van der Waals surface area contributed by atoms with E-state index in [-0.39, 0.29) is 25.0 Å². The molecule has 9 N–H and O–H groups in total. The first kappa shape index (κ1) is 73.5. The van der Waals surface area contributed by atoms with Crippen LogP contribution in [-0.2, 0) is 23.7 Å². The molecule has 0 radical (unpaired) electrons. The van der Waals surface area contributed by atoms with Crippen LogP contribution >= 0.6 is 22.6 Å². The van der Waals surface area contributed by atoms with Gasteiger partial charge in [0.05, 0.1) is 42.7 Å². The van der Waals surface area contributed by atoms with E-state index in [1.807, 2.05) is 30.7 Å². The number of aromatic nitrogens is 10. The minimum Gasteiger partial charge on any atom is -0.394 e. The number of rotatable bonds is 12. The monoisotopic (exact) mass is 1410 g/mol. The maximum Gasteiger partial charge on any atom is 0.330 e. The molecule has 5 aromatic rings. The number of ether oxygens (including phenoxy) is 5. The highest BCUT2D eigenvalue weighted by Crippen LogP contribution is 2.47. The first-order chi connectivity index (χ1) is 42.7. The molecule has 5 aromatic heterocycles. The third-order valence-corrected chi connectivity index (χ3v) is 19.0. The van der Waals surface area contributed by atoms with Crippen molar-refractivity contribution in [3.05, 3.63) is 166 Å². The summed E-state index contributed by atoms with van der Waals surface area (Å²) in [6.07, 6.45) is -7.30. The van der Waals surface area contributed by atoms with Crippen molar-refractivity contribution in [2.45, 2.75) is 178 Å². The average Bonchev–Trinajstić information content (AvgIpc) is 1.66. The van der Waals surface area contributed by atoms with Crippen LogP contribution < -0.4 is 56.2 Å². The van der Waals surface area contributed by atoms with Crippen LogP contribution in [0.1, 0.15) is 113 Å². The maximum absolute atomic E-state index is 14.4. The molecule has 5 saturated heterocycles. The number of aliphatic hydroxyl groups excluding tert-OH is 4. The molecule has 0 aromatic carbocycles. The van der Waals surface area contributed by atoms with Crippen molar-refractivity contribution in [1.82, 2.24) is 47.8 Å². The van der Waals surface area contributed by atoms with Gasteiger partial charge in [0.25, 0.3) is 27.8 Å². The molecule has 10 heterocycles. The predicted octanol–water partition coefficient (Wildman–Crippen LogP) is 0.928. The van der Waals surface area contributed by atoms with Crippen molar-refractivity contribution >= 4 is 22.6 Å². The molecule has 5 aliphatic heterocycles. The van der Waals surface area contributed by atoms with E-state index in [1.54, 1.807) is 34.6 Å². The molecule has 0 saturated carbocycles. The fourth-order valence-corrected chi connectivity index (χ4v) is 12.4. The lowest BCUT2D eigenvalue weighted by Gasteiger charge is -2.29. The first-order valence-corrected chi connectivity index (χ1v) is 30.5. The number of halogens is 6. The summed E-state index contributed by atoms with van der Waals surface area (Å²) >= 11 is 2.17. The molecular formula is C56H76F5IN10O19. The Morgan fingerprint density at radius 2 is 0.769 bits per heavy atom. The largest absolute Gasteiger partial charge is 0.394 e. The summed E-state index contributed by atoms with van der Waals surface area (Å²) < 4.78 is 104. The van der Waals surface area contributed by atoms with Gasteiger partial charge in [-0.15, -0.1) is 0 Å². The Labute approximate surface area is 525 Å². The molecule has 5 aliphatic rings. The molecule has 0 amide bonds. The van der Waals surface area contributed by atoms with Crippen LogP contribution in [0.15, 0.2) is 109 Å². The Balaban J connectivity index is 0.000000181. The van der Waals surface area contributed by atoms with Gasteiger partial charge in [-0.2, -0.15) is 0 Å². The van der Waals surface area contributed by atoms with Crippen LogP contribution in [-0.4, -0.2) is 158 Å². The number of alkyl halides is 6. The second kappa shape index (κ2) is 30.0. The van der Waals surface area contributed by atoms with Gasteiger partial charge in [0.2, 0.25) is 0 Å². The van der Waals surface area contributed by atoms with E-state index in [0.717, 1.165) is 47.2 Å². The molecule has 0 bridgehead atoms. The highest BCUT2D eigenvalue weighted by molar-refractivity contribution is 14.1. The number of aromatic amines is 5. The van der Waals surface area contributed by atoms with Crippen LogP contribution in [0, 0.1) is 23.7 Å². The Morgan fingerprint density at radius 1 is 0.451 bits per heavy atom. The number of hydrogen-bond acceptors (Lipinski definition) is 19. The second-order valence-corrected chi connectivity index (χ2v) is 23.8. The van der Waals surface area contributed by atoms with Crippen molar-refractivity contribution < 1.29 is 66.1 Å². The second-order valence-electron chi connectivity index (χ2n) is 23.0. The van der Waals surface area contributed by atoms with Crippen LogP contribution in [0.4, 0.5) is 22.0 Å². The van der Waals surface area contributed by atoms with Crippen LogP contribution in [0.2, 0.25) is 0 Å². The highest BCUT2D eigenvalue weighted by Gasteiger charge is 2.56. The summed E-state index contributed by atoms with van der Waals surface area (Å²) in [5.74, 6) is -1.68. The fourth-order valence-electron chi connectivity index (χ4n) is 11.0. The normalized spacial score (nSPS) is 34.8. The number of nitrogens with one attached hydrogen (secondary N) is 5. The number of aliphatic hydroxyl groups is 4. The Morgan fingerprint density at radius 3 is 1.03 bits per heavy atom. The predicted molar refractivity (Wildman–Crippen MR) is 321 cm³/mol. The standard InChI is InChI=1S/C12H16FIN2O3.C12H17FN2O4.C12H17FN2O3.C10H13FN2O5.C10H13FN2O4/c1-3-12(6-14)7(2)9(13)10(19-12)16-5-4-8(17)15-11(16)18;1-3-12(6-16)7(2)9(13)10(19-12)15-5-4-8(17)14-11(15)18;1-4-12(3)7(2)9(13)10(18-12)15-6-5-8(16)14-11(15)17;1-10(4-14)7(16)6(11)8(18-10)13-3-2-5(15)12-9(13)17;1-5-6(4-14)17-9(8(5)11)13-3-2-7(15)12-10(13)16/h4-5,7,9-10H,3,6H2,1-2H3,(H,15,17,18);4-5,7,9-10,16H,3,6H2,1-2H3,(H,14,17,18);5-7,9-10H,4H2,1-3H3,(H,14,16,17);2-3,6-8,14,16H,4H2,1H3,(H,12,15,17);2-3,5-6,8-9,14H,4H2,1H3,(H,12,15,16)/t2*7-,9+,10?,12-;7-,9+,10?,12+;6-,7+,8?,10-;5-,6-,8-,9?/m00011/s1. The molecule has 5 unspecified atom stereocenters. The summed E-state index contributed by atoms with van der Waals surface area (Å²) in [5, 5.41) is 37.2. The third kappa shape index (κ3) is 15.3. The molecule has 29 nitrogen and oxygen atoms in total. The van der Waals surface area contributed by atoms with Gasteiger partial charge in [-0.05, 0) is 33.1 Å². The van der Waals surface area contributed by atoms with E-state index >= 15 is 0 Å². The fraction of sp³-hybridized carbons (Fsp3) is 0.643. The van der Waals surface area contributed by atoms with Crippen molar-refractivity contribution in [2.24, 2.45) is 23.7 Å². The smallest absolute Gasteiger partial charge is 0.330 e. The Hall–Kier alpha value is -6.58. The molecule has 5 fully saturated rings. The molecule has 0 spiro atoms. The SMILES string of the molecule is CC[C@@]1(C)OC(n2ccc(=O)[nH]c2=O)[C@H](F)[C@@H]1C.CC[C@@]1(CI)OC(n2ccc(=O)[nH]c2=O)[C@H](F)[C@@H]1C.CC[C@@]1(CO)OC(n2ccc(=O)[nH]c2=O)[C@H](F)[C@@H]1C.C[C@@H]1[C@@H](CO)OC(n2ccc(=O)[nH]c2=O)[C@@H]1F.C[C@]1(CO)OC(n2ccc(=O)[nH]c2=O)[C@H](F)[C@@H]1O.